The number of anilines is 1. The number of ether oxygens (including phenoxy) is 1. The van der Waals surface area contributed by atoms with Gasteiger partial charge in [-0.05, 0) is 56.0 Å². The second-order valence-corrected chi connectivity index (χ2v) is 8.31. The first-order valence-corrected chi connectivity index (χ1v) is 11.2. The Kier molecular flexibility index (Phi) is 8.07. The van der Waals surface area contributed by atoms with Gasteiger partial charge in [0.2, 0.25) is 0 Å². The summed E-state index contributed by atoms with van der Waals surface area (Å²) in [4.78, 5) is 28.0. The average molecular weight is 481 g/mol. The van der Waals surface area contributed by atoms with Gasteiger partial charge in [-0.3, -0.25) is 4.79 Å². The van der Waals surface area contributed by atoms with Crippen LogP contribution < -0.4 is 20.7 Å². The summed E-state index contributed by atoms with van der Waals surface area (Å²) in [7, 11) is 1.54. The van der Waals surface area contributed by atoms with Crippen LogP contribution in [0.3, 0.4) is 0 Å². The van der Waals surface area contributed by atoms with Gasteiger partial charge in [0.1, 0.15) is 11.4 Å². The molecule has 1 aliphatic carbocycles. The molecular weight excluding hydrogens is 454 g/mol. The summed E-state index contributed by atoms with van der Waals surface area (Å²) < 4.78 is 34.0. The zero-order chi connectivity index (χ0) is 24.0. The highest BCUT2D eigenvalue weighted by atomic mass is 35.5. The van der Waals surface area contributed by atoms with Crippen molar-refractivity contribution in [3.05, 3.63) is 52.8 Å². The third kappa shape index (κ3) is 6.54. The fourth-order valence-corrected chi connectivity index (χ4v) is 3.91. The summed E-state index contributed by atoms with van der Waals surface area (Å²) in [6.07, 6.45) is 4.00. The molecular formula is C23H27ClF2N4O3. The second kappa shape index (κ2) is 10.8. The van der Waals surface area contributed by atoms with Crippen LogP contribution in [0.1, 0.15) is 55.1 Å². The third-order valence-corrected chi connectivity index (χ3v) is 5.90. The van der Waals surface area contributed by atoms with Crippen molar-refractivity contribution < 1.29 is 23.1 Å². The molecule has 1 saturated carbocycles. The van der Waals surface area contributed by atoms with Gasteiger partial charge in [-0.1, -0.05) is 18.5 Å². The molecule has 0 saturated heterocycles. The molecule has 3 amide bonds. The van der Waals surface area contributed by atoms with Crippen LogP contribution >= 0.6 is 11.6 Å². The summed E-state index contributed by atoms with van der Waals surface area (Å²) >= 11 is 5.91. The Morgan fingerprint density at radius 3 is 2.52 bits per heavy atom. The van der Waals surface area contributed by atoms with Crippen LogP contribution in [0.25, 0.3) is 0 Å². The SMILES string of the molecule is CCC(F)(F)c1cc(NC(=O)NC2CCC(Oc3ccc(C(=O)NC)nc3)CC2)ccc1Cl. The molecule has 33 heavy (non-hydrogen) atoms. The van der Waals surface area contributed by atoms with E-state index in [0.717, 1.165) is 12.8 Å². The monoisotopic (exact) mass is 480 g/mol. The van der Waals surface area contributed by atoms with E-state index in [-0.39, 0.29) is 40.7 Å². The largest absolute Gasteiger partial charge is 0.489 e. The molecule has 1 fully saturated rings. The molecule has 1 aromatic heterocycles. The second-order valence-electron chi connectivity index (χ2n) is 7.90. The van der Waals surface area contributed by atoms with E-state index in [9.17, 15) is 18.4 Å². The standard InChI is InChI=1S/C23H27ClF2N4O3/c1-3-23(25,26)18-12-15(6-10-19(18)24)30-22(32)29-14-4-7-16(8-5-14)33-17-9-11-20(28-13-17)21(31)27-2/h6,9-14,16H,3-5,7-8H2,1-2H3,(H,27,31)(H2,29,30,32). The highest BCUT2D eigenvalue weighted by molar-refractivity contribution is 6.31. The predicted molar refractivity (Wildman–Crippen MR) is 122 cm³/mol. The maximum absolute atomic E-state index is 14.1. The molecule has 178 valence electrons. The van der Waals surface area contributed by atoms with Crippen LogP contribution in [0.5, 0.6) is 5.75 Å². The smallest absolute Gasteiger partial charge is 0.319 e. The lowest BCUT2D eigenvalue weighted by Gasteiger charge is -2.29. The van der Waals surface area contributed by atoms with Crippen molar-refractivity contribution >= 4 is 29.2 Å². The van der Waals surface area contributed by atoms with E-state index in [1.165, 1.54) is 31.3 Å². The van der Waals surface area contributed by atoms with E-state index >= 15 is 0 Å². The van der Waals surface area contributed by atoms with Gasteiger partial charge >= 0.3 is 6.03 Å². The number of halogens is 3. The summed E-state index contributed by atoms with van der Waals surface area (Å²) in [5, 5.41) is 7.96. The summed E-state index contributed by atoms with van der Waals surface area (Å²) in [6, 6.07) is 6.85. The summed E-state index contributed by atoms with van der Waals surface area (Å²) in [5.74, 6) is -2.75. The number of urea groups is 1. The minimum Gasteiger partial charge on any atom is -0.489 e. The number of pyridine rings is 1. The molecule has 0 radical (unpaired) electrons. The van der Waals surface area contributed by atoms with E-state index in [4.69, 9.17) is 16.3 Å². The lowest BCUT2D eigenvalue weighted by atomic mass is 9.93. The minimum atomic E-state index is -3.07. The number of amides is 3. The normalized spacial score (nSPS) is 18.3. The van der Waals surface area contributed by atoms with Gasteiger partial charge in [0.05, 0.1) is 12.3 Å². The molecule has 0 bridgehead atoms. The van der Waals surface area contributed by atoms with Crippen molar-refractivity contribution in [2.24, 2.45) is 0 Å². The van der Waals surface area contributed by atoms with Gasteiger partial charge in [-0.2, -0.15) is 0 Å². The number of nitrogens with zero attached hydrogens (tertiary/aromatic N) is 1. The number of hydrogen-bond acceptors (Lipinski definition) is 4. The first-order chi connectivity index (χ1) is 15.7. The number of nitrogens with one attached hydrogen (secondary N) is 3. The summed E-state index contributed by atoms with van der Waals surface area (Å²) in [5.41, 5.74) is 0.264. The molecule has 3 N–H and O–H groups in total. The third-order valence-electron chi connectivity index (χ3n) is 5.57. The molecule has 2 aromatic rings. The number of aromatic nitrogens is 1. The fraction of sp³-hybridized carbons (Fsp3) is 0.435. The molecule has 10 heteroatoms. The number of carbonyl (C=O) groups excluding carboxylic acids is 2. The maximum atomic E-state index is 14.1. The van der Waals surface area contributed by atoms with Crippen LogP contribution in [0.4, 0.5) is 19.3 Å². The van der Waals surface area contributed by atoms with Gasteiger partial charge in [0.15, 0.2) is 0 Å². The zero-order valence-electron chi connectivity index (χ0n) is 18.5. The van der Waals surface area contributed by atoms with Crippen molar-refractivity contribution in [1.82, 2.24) is 15.6 Å². The Hall–Kier alpha value is -2.94. The first kappa shape index (κ1) is 24.7. The van der Waals surface area contributed by atoms with Crippen LogP contribution in [0.15, 0.2) is 36.5 Å². The predicted octanol–water partition coefficient (Wildman–Crippen LogP) is 5.11. The Morgan fingerprint density at radius 2 is 1.91 bits per heavy atom. The van der Waals surface area contributed by atoms with Gasteiger partial charge in [-0.25, -0.2) is 18.6 Å². The van der Waals surface area contributed by atoms with Crippen molar-refractivity contribution in [1.29, 1.82) is 0 Å². The average Bonchev–Trinajstić information content (AvgIpc) is 2.81. The Bertz CT molecular complexity index is 980. The van der Waals surface area contributed by atoms with Crippen LogP contribution in [0.2, 0.25) is 5.02 Å². The Balaban J connectivity index is 1.48. The Morgan fingerprint density at radius 1 is 1.18 bits per heavy atom. The van der Waals surface area contributed by atoms with E-state index in [1.54, 1.807) is 19.2 Å². The van der Waals surface area contributed by atoms with Gasteiger partial charge < -0.3 is 20.7 Å². The van der Waals surface area contributed by atoms with E-state index < -0.39 is 12.0 Å². The van der Waals surface area contributed by atoms with E-state index in [2.05, 4.69) is 20.9 Å². The van der Waals surface area contributed by atoms with Crippen molar-refractivity contribution in [2.75, 3.05) is 12.4 Å². The highest BCUT2D eigenvalue weighted by Crippen LogP contribution is 2.37. The van der Waals surface area contributed by atoms with Crippen molar-refractivity contribution in [3.8, 4) is 5.75 Å². The molecule has 3 rings (SSSR count). The molecule has 0 aliphatic heterocycles. The van der Waals surface area contributed by atoms with Crippen molar-refractivity contribution in [3.63, 3.8) is 0 Å². The quantitative estimate of drug-likeness (QED) is 0.513. The molecule has 0 spiro atoms. The maximum Gasteiger partial charge on any atom is 0.319 e. The van der Waals surface area contributed by atoms with Gasteiger partial charge in [0.25, 0.3) is 11.8 Å². The van der Waals surface area contributed by atoms with E-state index in [0.29, 0.717) is 24.3 Å². The fourth-order valence-electron chi connectivity index (χ4n) is 3.66. The number of rotatable bonds is 7. The molecule has 7 nitrogen and oxygen atoms in total. The minimum absolute atomic E-state index is 0.0196. The van der Waals surface area contributed by atoms with Crippen LogP contribution in [-0.2, 0) is 5.92 Å². The number of hydrogen-bond donors (Lipinski definition) is 3. The highest BCUT2D eigenvalue weighted by Gasteiger charge is 2.32. The number of carbonyl (C=O) groups is 2. The summed E-state index contributed by atoms with van der Waals surface area (Å²) in [6.45, 7) is 1.37. The number of benzene rings is 1. The number of alkyl halides is 2. The molecule has 0 atom stereocenters. The molecule has 0 unspecified atom stereocenters. The van der Waals surface area contributed by atoms with Crippen LogP contribution in [-0.4, -0.2) is 36.1 Å². The van der Waals surface area contributed by atoms with Crippen molar-refractivity contribution in [2.45, 2.75) is 57.1 Å². The Labute approximate surface area is 196 Å². The first-order valence-electron chi connectivity index (χ1n) is 10.8. The molecule has 1 heterocycles. The van der Waals surface area contributed by atoms with E-state index in [1.807, 2.05) is 0 Å². The lowest BCUT2D eigenvalue weighted by Crippen LogP contribution is -2.41. The molecule has 1 aromatic carbocycles. The molecule has 1 aliphatic rings. The lowest BCUT2D eigenvalue weighted by molar-refractivity contribution is -0.00812. The topological polar surface area (TPSA) is 92.4 Å². The van der Waals surface area contributed by atoms with Gasteiger partial charge in [-0.15, -0.1) is 0 Å². The zero-order valence-corrected chi connectivity index (χ0v) is 19.2. The van der Waals surface area contributed by atoms with Gasteiger partial charge in [0, 0.05) is 35.8 Å². The van der Waals surface area contributed by atoms with Crippen LogP contribution in [0, 0.1) is 0 Å².